The molecule has 168 valence electrons. The smallest absolute Gasteiger partial charge is 0.156 e. The maximum Gasteiger partial charge on any atom is 0.156 e. The third-order valence-electron chi connectivity index (χ3n) is 4.53. The van der Waals surface area contributed by atoms with E-state index in [1.54, 1.807) is 0 Å². The molecular weight excluding hydrogens is 414 g/mol. The molecule has 0 saturated heterocycles. The molecule has 31 heavy (non-hydrogen) atoms. The Hall–Kier alpha value is -2.80. The molecule has 0 aromatic heterocycles. The zero-order valence-corrected chi connectivity index (χ0v) is 19.4. The van der Waals surface area contributed by atoms with Gasteiger partial charge in [0.15, 0.2) is 9.84 Å². The van der Waals surface area contributed by atoms with Gasteiger partial charge in [0.1, 0.15) is 30.9 Å². The van der Waals surface area contributed by atoms with Gasteiger partial charge in [-0.05, 0) is 50.5 Å². The number of benzene rings is 2. The lowest BCUT2D eigenvalue weighted by atomic mass is 10.1. The zero-order valence-electron chi connectivity index (χ0n) is 18.6. The summed E-state index contributed by atoms with van der Waals surface area (Å²) in [7, 11) is -1.95. The maximum atomic E-state index is 12.6. The van der Waals surface area contributed by atoms with Crippen molar-refractivity contribution in [1.29, 1.82) is 0 Å². The van der Waals surface area contributed by atoms with E-state index in [0.29, 0.717) is 25.3 Å². The molecule has 0 atom stereocenters. The summed E-state index contributed by atoms with van der Waals surface area (Å²) in [6, 6.07) is 13.0. The lowest BCUT2D eigenvalue weighted by Gasteiger charge is -2.14. The summed E-state index contributed by atoms with van der Waals surface area (Å²) in [5.41, 5.74) is 3.03. The number of rotatable bonds is 12. The van der Waals surface area contributed by atoms with Crippen LogP contribution in [0.5, 0.6) is 11.5 Å². The monoisotopic (exact) mass is 445 g/mol. The first-order valence-corrected chi connectivity index (χ1v) is 12.0. The summed E-state index contributed by atoms with van der Waals surface area (Å²) >= 11 is 0. The molecule has 0 saturated carbocycles. The SMILES string of the molecule is C/C=C/COc1cc(C)c(OCCCS(=O)(=O)CC(=NOC)c2ccccc2)c(C)c1. The molecule has 0 aliphatic rings. The quantitative estimate of drug-likeness (QED) is 0.208. The van der Waals surface area contributed by atoms with Crippen molar-refractivity contribution in [2.75, 3.05) is 31.8 Å². The Morgan fingerprint density at radius 3 is 2.35 bits per heavy atom. The van der Waals surface area contributed by atoms with Gasteiger partial charge in [-0.2, -0.15) is 0 Å². The van der Waals surface area contributed by atoms with E-state index in [4.69, 9.17) is 14.3 Å². The van der Waals surface area contributed by atoms with E-state index in [-0.39, 0.29) is 11.5 Å². The molecule has 0 spiro atoms. The molecule has 0 bridgehead atoms. The number of oxime groups is 1. The average molecular weight is 446 g/mol. The minimum Gasteiger partial charge on any atom is -0.493 e. The largest absolute Gasteiger partial charge is 0.493 e. The van der Waals surface area contributed by atoms with Gasteiger partial charge in [-0.25, -0.2) is 8.42 Å². The molecule has 0 aliphatic heterocycles. The van der Waals surface area contributed by atoms with Gasteiger partial charge >= 0.3 is 0 Å². The van der Waals surface area contributed by atoms with Crippen LogP contribution in [0.4, 0.5) is 0 Å². The Morgan fingerprint density at radius 2 is 1.74 bits per heavy atom. The van der Waals surface area contributed by atoms with Crippen LogP contribution in [0.1, 0.15) is 30.0 Å². The summed E-state index contributed by atoms with van der Waals surface area (Å²) in [4.78, 5) is 4.84. The second-order valence-corrected chi connectivity index (χ2v) is 9.33. The third-order valence-corrected chi connectivity index (χ3v) is 6.15. The van der Waals surface area contributed by atoms with Crippen LogP contribution in [-0.2, 0) is 14.7 Å². The van der Waals surface area contributed by atoms with Gasteiger partial charge in [0.25, 0.3) is 0 Å². The minimum absolute atomic E-state index is 0.00517. The Bertz CT molecular complexity index is 975. The highest BCUT2D eigenvalue weighted by atomic mass is 32.2. The molecule has 0 unspecified atom stereocenters. The van der Waals surface area contributed by atoms with Gasteiger partial charge in [-0.15, -0.1) is 0 Å². The lowest BCUT2D eigenvalue weighted by molar-refractivity contribution is 0.213. The topological polar surface area (TPSA) is 74.2 Å². The summed E-state index contributed by atoms with van der Waals surface area (Å²) in [5.74, 6) is 1.38. The first-order chi connectivity index (χ1) is 14.9. The first kappa shape index (κ1) is 24.5. The van der Waals surface area contributed by atoms with Crippen LogP contribution in [0.25, 0.3) is 0 Å². The van der Waals surface area contributed by atoms with Crippen molar-refractivity contribution < 1.29 is 22.7 Å². The first-order valence-electron chi connectivity index (χ1n) is 10.2. The maximum absolute atomic E-state index is 12.6. The zero-order chi connectivity index (χ0) is 22.7. The van der Waals surface area contributed by atoms with E-state index in [1.165, 1.54) is 7.11 Å². The third kappa shape index (κ3) is 8.09. The van der Waals surface area contributed by atoms with Gasteiger partial charge in [0, 0.05) is 5.56 Å². The van der Waals surface area contributed by atoms with Crippen LogP contribution in [0.15, 0.2) is 59.8 Å². The molecule has 0 heterocycles. The van der Waals surface area contributed by atoms with Crippen molar-refractivity contribution in [3.63, 3.8) is 0 Å². The summed E-state index contributed by atoms with van der Waals surface area (Å²) < 4.78 is 36.8. The van der Waals surface area contributed by atoms with E-state index in [9.17, 15) is 8.42 Å². The molecule has 0 aliphatic carbocycles. The predicted molar refractivity (Wildman–Crippen MR) is 125 cm³/mol. The van der Waals surface area contributed by atoms with Crippen LogP contribution >= 0.6 is 0 Å². The Kier molecular flexibility index (Phi) is 9.59. The van der Waals surface area contributed by atoms with Crippen molar-refractivity contribution in [1.82, 2.24) is 0 Å². The molecule has 0 radical (unpaired) electrons. The molecule has 0 N–H and O–H groups in total. The average Bonchev–Trinajstić information content (AvgIpc) is 2.73. The lowest BCUT2D eigenvalue weighted by Crippen LogP contribution is -2.21. The van der Waals surface area contributed by atoms with Crippen molar-refractivity contribution in [3.05, 3.63) is 71.3 Å². The van der Waals surface area contributed by atoms with E-state index >= 15 is 0 Å². The normalized spacial score (nSPS) is 12.2. The fraction of sp³-hybridized carbons (Fsp3) is 0.375. The van der Waals surface area contributed by atoms with Crippen molar-refractivity contribution >= 4 is 15.5 Å². The van der Waals surface area contributed by atoms with Crippen molar-refractivity contribution in [2.45, 2.75) is 27.2 Å². The minimum atomic E-state index is -3.36. The van der Waals surface area contributed by atoms with Gasteiger partial charge in [-0.1, -0.05) is 47.6 Å². The number of ether oxygens (including phenoxy) is 2. The number of allylic oxidation sites excluding steroid dienone is 1. The molecule has 2 rings (SSSR count). The van der Waals surface area contributed by atoms with E-state index in [0.717, 1.165) is 28.2 Å². The molecule has 6 nitrogen and oxygen atoms in total. The molecule has 0 fully saturated rings. The van der Waals surface area contributed by atoms with Gasteiger partial charge in [0.05, 0.1) is 18.1 Å². The van der Waals surface area contributed by atoms with E-state index in [2.05, 4.69) is 5.16 Å². The second-order valence-electron chi connectivity index (χ2n) is 7.15. The number of hydrogen-bond donors (Lipinski definition) is 0. The highest BCUT2D eigenvalue weighted by Gasteiger charge is 2.17. The van der Waals surface area contributed by atoms with E-state index < -0.39 is 9.84 Å². The number of hydrogen-bond acceptors (Lipinski definition) is 6. The highest BCUT2D eigenvalue weighted by Crippen LogP contribution is 2.28. The predicted octanol–water partition coefficient (Wildman–Crippen LogP) is 4.49. The van der Waals surface area contributed by atoms with Gasteiger partial charge in [-0.3, -0.25) is 0 Å². The van der Waals surface area contributed by atoms with Crippen LogP contribution < -0.4 is 9.47 Å². The molecule has 2 aromatic carbocycles. The van der Waals surface area contributed by atoms with Crippen LogP contribution in [0.2, 0.25) is 0 Å². The summed E-state index contributed by atoms with van der Waals surface area (Å²) in [6.07, 6.45) is 4.26. The molecule has 2 aromatic rings. The van der Waals surface area contributed by atoms with Gasteiger partial charge < -0.3 is 14.3 Å². The summed E-state index contributed by atoms with van der Waals surface area (Å²) in [5, 5.41) is 3.90. The standard InChI is InChI=1S/C24H31NO5S/c1-5-6-13-29-22-16-19(2)24(20(3)17-22)30-14-10-15-31(26,27)18-23(25-28-4)21-11-8-7-9-12-21/h5-9,11-12,16-17H,10,13-15,18H2,1-4H3/b6-5+,25-23?. The number of nitrogens with zero attached hydrogens (tertiary/aromatic N) is 1. The van der Waals surface area contributed by atoms with Crippen LogP contribution in [0.3, 0.4) is 0 Å². The Labute approximate surface area is 185 Å². The number of aryl methyl sites for hydroxylation is 2. The van der Waals surface area contributed by atoms with Crippen LogP contribution in [-0.4, -0.2) is 46.0 Å². The fourth-order valence-corrected chi connectivity index (χ4v) is 4.44. The second kappa shape index (κ2) is 12.2. The Morgan fingerprint density at radius 1 is 1.06 bits per heavy atom. The summed E-state index contributed by atoms with van der Waals surface area (Å²) in [6.45, 7) is 6.68. The Balaban J connectivity index is 1.92. The fourth-order valence-electron chi connectivity index (χ4n) is 3.10. The van der Waals surface area contributed by atoms with Crippen LogP contribution in [0, 0.1) is 13.8 Å². The van der Waals surface area contributed by atoms with Gasteiger partial charge in [0.2, 0.25) is 0 Å². The molecule has 0 amide bonds. The number of sulfone groups is 1. The van der Waals surface area contributed by atoms with E-state index in [1.807, 2.05) is 75.4 Å². The van der Waals surface area contributed by atoms with Crippen molar-refractivity contribution in [2.24, 2.45) is 5.16 Å². The highest BCUT2D eigenvalue weighted by molar-refractivity contribution is 7.92. The van der Waals surface area contributed by atoms with Crippen molar-refractivity contribution in [3.8, 4) is 11.5 Å². The molecular formula is C24H31NO5S. The molecule has 7 heteroatoms.